The highest BCUT2D eigenvalue weighted by molar-refractivity contribution is 4.86. The van der Waals surface area contributed by atoms with Crippen LogP contribution < -0.4 is 0 Å². The number of hydrogen-bond donors (Lipinski definition) is 4. The first kappa shape index (κ1) is 8.89. The van der Waals surface area contributed by atoms with Crippen molar-refractivity contribution in [3.8, 4) is 0 Å². The van der Waals surface area contributed by atoms with Crippen LogP contribution in [0.15, 0.2) is 0 Å². The van der Waals surface area contributed by atoms with E-state index in [-0.39, 0.29) is 0 Å². The Morgan fingerprint density at radius 1 is 0.909 bits per heavy atom. The van der Waals surface area contributed by atoms with E-state index in [4.69, 9.17) is 20.4 Å². The highest BCUT2D eigenvalue weighted by Crippen LogP contribution is 2.18. The van der Waals surface area contributed by atoms with E-state index < -0.39 is 30.7 Å². The Kier molecular flexibility index (Phi) is 2.46. The molecule has 0 saturated carbocycles. The van der Waals surface area contributed by atoms with E-state index in [0.29, 0.717) is 0 Å². The van der Waals surface area contributed by atoms with Gasteiger partial charge in [-0.2, -0.15) is 0 Å². The monoisotopic (exact) mass is 164 g/mol. The molecule has 0 aromatic heterocycles. The van der Waals surface area contributed by atoms with Gasteiger partial charge < -0.3 is 25.2 Å². The van der Waals surface area contributed by atoms with Gasteiger partial charge >= 0.3 is 0 Å². The third-order valence-corrected chi connectivity index (χ3v) is 1.83. The summed E-state index contributed by atoms with van der Waals surface area (Å²) in [5.74, 6) is 0. The average molecular weight is 164 g/mol. The number of aliphatic hydroxyl groups is 4. The molecular weight excluding hydrogens is 152 g/mol. The Bertz CT molecular complexity index is 125. The van der Waals surface area contributed by atoms with Crippen molar-refractivity contribution in [1.82, 2.24) is 0 Å². The van der Waals surface area contributed by atoms with Crippen molar-refractivity contribution in [1.29, 1.82) is 0 Å². The molecule has 1 aliphatic heterocycles. The van der Waals surface area contributed by atoms with E-state index in [1.807, 2.05) is 0 Å². The fraction of sp³-hybridized carbons (Fsp3) is 1.00. The lowest BCUT2D eigenvalue weighted by Crippen LogP contribution is -2.56. The Labute approximate surface area is 63.8 Å². The van der Waals surface area contributed by atoms with Crippen LogP contribution in [0.4, 0.5) is 0 Å². The van der Waals surface area contributed by atoms with Crippen molar-refractivity contribution in [2.45, 2.75) is 37.6 Å². The average Bonchev–Trinajstić information content (AvgIpc) is 1.97. The van der Waals surface area contributed by atoms with Crippen LogP contribution >= 0.6 is 0 Å². The van der Waals surface area contributed by atoms with Crippen molar-refractivity contribution < 1.29 is 25.2 Å². The zero-order valence-corrected chi connectivity index (χ0v) is 6.08. The largest absolute Gasteiger partial charge is 0.388 e. The lowest BCUT2D eigenvalue weighted by molar-refractivity contribution is -0.277. The molecule has 0 aliphatic carbocycles. The van der Waals surface area contributed by atoms with Crippen molar-refractivity contribution in [2.75, 3.05) is 0 Å². The molecule has 11 heavy (non-hydrogen) atoms. The van der Waals surface area contributed by atoms with Gasteiger partial charge in [0, 0.05) is 0 Å². The van der Waals surface area contributed by atoms with Crippen molar-refractivity contribution in [3.05, 3.63) is 0 Å². The first-order valence-corrected chi connectivity index (χ1v) is 3.41. The Morgan fingerprint density at radius 3 is 2.00 bits per heavy atom. The molecule has 0 radical (unpaired) electrons. The maximum absolute atomic E-state index is 9.09. The van der Waals surface area contributed by atoms with Crippen LogP contribution in [0.3, 0.4) is 0 Å². The molecule has 0 spiro atoms. The van der Waals surface area contributed by atoms with Gasteiger partial charge in [-0.25, -0.2) is 0 Å². The minimum absolute atomic E-state index is 0.664. The molecule has 66 valence electrons. The van der Waals surface area contributed by atoms with E-state index in [2.05, 4.69) is 4.74 Å². The van der Waals surface area contributed by atoms with E-state index >= 15 is 0 Å². The quantitative estimate of drug-likeness (QED) is 0.326. The van der Waals surface area contributed by atoms with Gasteiger partial charge in [0.2, 0.25) is 0 Å². The Morgan fingerprint density at radius 2 is 1.45 bits per heavy atom. The maximum Gasteiger partial charge on any atom is 0.183 e. The Hall–Kier alpha value is -0.200. The summed E-state index contributed by atoms with van der Waals surface area (Å²) in [7, 11) is 0. The summed E-state index contributed by atoms with van der Waals surface area (Å²) in [6.45, 7) is 1.50. The summed E-state index contributed by atoms with van der Waals surface area (Å²) in [5, 5.41) is 36.0. The van der Waals surface area contributed by atoms with Crippen molar-refractivity contribution >= 4 is 0 Å². The molecule has 0 bridgehead atoms. The predicted octanol–water partition coefficient (Wildman–Crippen LogP) is -2.19. The van der Waals surface area contributed by atoms with Gasteiger partial charge in [-0.15, -0.1) is 0 Å². The SMILES string of the molecule is C[C@H]1O[C@@H](O)[C@@H](O)[C@@H](O)[C@H]1O. The molecule has 5 atom stereocenters. The molecule has 0 aromatic carbocycles. The fourth-order valence-corrected chi connectivity index (χ4v) is 1.03. The molecule has 0 aromatic rings. The van der Waals surface area contributed by atoms with E-state index in [0.717, 1.165) is 0 Å². The van der Waals surface area contributed by atoms with E-state index in [1.165, 1.54) is 6.92 Å². The number of aliphatic hydroxyl groups excluding tert-OH is 4. The number of hydrogen-bond acceptors (Lipinski definition) is 5. The third kappa shape index (κ3) is 1.52. The second-order valence-electron chi connectivity index (χ2n) is 2.70. The first-order valence-electron chi connectivity index (χ1n) is 3.41. The summed E-state index contributed by atoms with van der Waals surface area (Å²) >= 11 is 0. The summed E-state index contributed by atoms with van der Waals surface area (Å²) in [6, 6.07) is 0. The summed E-state index contributed by atoms with van der Waals surface area (Å²) in [5.41, 5.74) is 0. The van der Waals surface area contributed by atoms with Crippen LogP contribution in [-0.2, 0) is 4.74 Å². The van der Waals surface area contributed by atoms with E-state index in [9.17, 15) is 0 Å². The molecular formula is C6H12O5. The summed E-state index contributed by atoms with van der Waals surface area (Å²) < 4.78 is 4.68. The molecule has 1 rings (SSSR count). The second kappa shape index (κ2) is 3.04. The highest BCUT2D eigenvalue weighted by atomic mass is 16.6. The molecule has 5 heteroatoms. The van der Waals surface area contributed by atoms with Crippen LogP contribution in [0.5, 0.6) is 0 Å². The van der Waals surface area contributed by atoms with E-state index in [1.54, 1.807) is 0 Å². The number of ether oxygens (including phenoxy) is 1. The standard InChI is InChI=1S/C6H12O5/c1-2-3(7)4(8)5(9)6(10)11-2/h2-10H,1H3/t2-,3+,4+,5+,6-/m1/s1. The molecule has 5 nitrogen and oxygen atoms in total. The maximum atomic E-state index is 9.09. The normalized spacial score (nSPS) is 52.6. The van der Waals surface area contributed by atoms with Crippen LogP contribution in [0.1, 0.15) is 6.92 Å². The second-order valence-corrected chi connectivity index (χ2v) is 2.70. The Balaban J connectivity index is 2.63. The minimum atomic E-state index is -1.43. The summed E-state index contributed by atoms with van der Waals surface area (Å²) in [6.07, 6.45) is -5.99. The highest BCUT2D eigenvalue weighted by Gasteiger charge is 2.40. The van der Waals surface area contributed by atoms with Gasteiger partial charge in [0.1, 0.15) is 18.3 Å². The van der Waals surface area contributed by atoms with Crippen LogP contribution in [-0.4, -0.2) is 51.1 Å². The van der Waals surface area contributed by atoms with Crippen molar-refractivity contribution in [3.63, 3.8) is 0 Å². The fourth-order valence-electron chi connectivity index (χ4n) is 1.03. The first-order chi connectivity index (χ1) is 5.04. The van der Waals surface area contributed by atoms with Crippen LogP contribution in [0.25, 0.3) is 0 Å². The predicted molar refractivity (Wildman–Crippen MR) is 34.6 cm³/mol. The van der Waals surface area contributed by atoms with Gasteiger partial charge in [-0.05, 0) is 6.92 Å². The minimum Gasteiger partial charge on any atom is -0.388 e. The molecule has 0 amide bonds. The lowest BCUT2D eigenvalue weighted by atomic mass is 10.0. The topological polar surface area (TPSA) is 90.2 Å². The molecule has 0 unspecified atom stereocenters. The van der Waals surface area contributed by atoms with Gasteiger partial charge in [0.05, 0.1) is 6.10 Å². The van der Waals surface area contributed by atoms with Gasteiger partial charge in [0.15, 0.2) is 6.29 Å². The molecule has 1 aliphatic rings. The smallest absolute Gasteiger partial charge is 0.183 e. The number of rotatable bonds is 0. The van der Waals surface area contributed by atoms with Crippen LogP contribution in [0.2, 0.25) is 0 Å². The zero-order valence-electron chi connectivity index (χ0n) is 6.08. The van der Waals surface area contributed by atoms with Gasteiger partial charge in [-0.3, -0.25) is 0 Å². The molecule has 1 heterocycles. The summed E-state index contributed by atoms with van der Waals surface area (Å²) in [4.78, 5) is 0. The molecule has 4 N–H and O–H groups in total. The van der Waals surface area contributed by atoms with Gasteiger partial charge in [0.25, 0.3) is 0 Å². The zero-order chi connectivity index (χ0) is 8.59. The van der Waals surface area contributed by atoms with Gasteiger partial charge in [-0.1, -0.05) is 0 Å². The van der Waals surface area contributed by atoms with Crippen molar-refractivity contribution in [2.24, 2.45) is 0 Å². The van der Waals surface area contributed by atoms with Crippen LogP contribution in [0, 0.1) is 0 Å². The third-order valence-electron chi connectivity index (χ3n) is 1.83. The lowest BCUT2D eigenvalue weighted by Gasteiger charge is -2.36. The molecule has 1 fully saturated rings. The molecule has 1 saturated heterocycles.